The molecule has 0 aliphatic heterocycles. The molecule has 0 aromatic heterocycles. The fraction of sp³-hybridized carbons (Fsp3) is 0.364. The molecule has 1 N–H and O–H groups in total. The third-order valence-corrected chi connectivity index (χ3v) is 2.09. The largest absolute Gasteiger partial charge is 0.473 e. The summed E-state index contributed by atoms with van der Waals surface area (Å²) in [7, 11) is 0. The Morgan fingerprint density at radius 2 is 2.07 bits per heavy atom. The maximum absolute atomic E-state index is 11.0. The maximum Gasteiger partial charge on any atom is 0.223 e. The number of amides is 1. The van der Waals surface area contributed by atoms with Crippen molar-refractivity contribution >= 4 is 18.5 Å². The Balaban J connectivity index is 2.26. The van der Waals surface area contributed by atoms with Gasteiger partial charge in [-0.3, -0.25) is 4.79 Å². The van der Waals surface area contributed by atoms with E-state index in [1.165, 1.54) is 5.56 Å². The van der Waals surface area contributed by atoms with Crippen LogP contribution in [0.2, 0.25) is 0 Å². The van der Waals surface area contributed by atoms with Gasteiger partial charge < -0.3 is 10.1 Å². The minimum absolute atomic E-state index is 0.0443. The molecule has 15 heavy (non-hydrogen) atoms. The van der Waals surface area contributed by atoms with Crippen molar-refractivity contribution in [1.82, 2.24) is 5.32 Å². The second-order valence-corrected chi connectivity index (χ2v) is 3.62. The van der Waals surface area contributed by atoms with Gasteiger partial charge in [0.05, 0.1) is 0 Å². The van der Waals surface area contributed by atoms with E-state index >= 15 is 0 Å². The van der Waals surface area contributed by atoms with Crippen LogP contribution in [0, 0.1) is 6.92 Å². The maximum atomic E-state index is 11.0. The summed E-state index contributed by atoms with van der Waals surface area (Å²) >= 11 is 3.96. The van der Waals surface area contributed by atoms with Crippen LogP contribution in [0.1, 0.15) is 12.0 Å². The molecule has 0 unspecified atom stereocenters. The van der Waals surface area contributed by atoms with Crippen LogP contribution in [0.3, 0.4) is 0 Å². The number of nitrogens with one attached hydrogen (secondary N) is 1. The fourth-order valence-electron chi connectivity index (χ4n) is 1.02. The van der Waals surface area contributed by atoms with E-state index < -0.39 is 0 Å². The molecule has 1 rings (SSSR count). The highest BCUT2D eigenvalue weighted by Crippen LogP contribution is 2.10. The average molecular weight is 225 g/mol. The van der Waals surface area contributed by atoms with Gasteiger partial charge in [-0.2, -0.15) is 12.6 Å². The van der Waals surface area contributed by atoms with E-state index in [1.807, 2.05) is 31.2 Å². The molecule has 4 heteroatoms. The minimum Gasteiger partial charge on any atom is -0.473 e. The first-order valence-corrected chi connectivity index (χ1v) is 5.42. The molecule has 0 bridgehead atoms. The second-order valence-electron chi connectivity index (χ2n) is 3.18. The van der Waals surface area contributed by atoms with Crippen molar-refractivity contribution in [2.75, 3.05) is 12.5 Å². The number of benzene rings is 1. The van der Waals surface area contributed by atoms with Crippen molar-refractivity contribution in [3.05, 3.63) is 29.8 Å². The predicted octanol–water partition coefficient (Wildman–Crippen LogP) is 1.77. The van der Waals surface area contributed by atoms with Gasteiger partial charge in [-0.15, -0.1) is 0 Å². The molecule has 1 amide bonds. The topological polar surface area (TPSA) is 38.3 Å². The third kappa shape index (κ3) is 4.74. The van der Waals surface area contributed by atoms with Crippen LogP contribution in [0.25, 0.3) is 0 Å². The lowest BCUT2D eigenvalue weighted by Gasteiger charge is -2.07. The third-order valence-electron chi connectivity index (χ3n) is 1.87. The van der Waals surface area contributed by atoms with Crippen molar-refractivity contribution in [2.45, 2.75) is 13.3 Å². The van der Waals surface area contributed by atoms with E-state index in [9.17, 15) is 4.79 Å². The summed E-state index contributed by atoms with van der Waals surface area (Å²) in [5.74, 6) is 1.26. The number of hydrogen-bond acceptors (Lipinski definition) is 3. The Morgan fingerprint density at radius 3 is 2.67 bits per heavy atom. The predicted molar refractivity (Wildman–Crippen MR) is 63.3 cm³/mol. The molecule has 1 aromatic carbocycles. The van der Waals surface area contributed by atoms with Gasteiger partial charge in [0.2, 0.25) is 5.91 Å². The standard InChI is InChI=1S/C11H15NO2S/c1-9-2-4-10(5-3-9)14-8-12-11(13)6-7-15/h2-5,15H,6-8H2,1H3,(H,12,13). The minimum atomic E-state index is -0.0443. The van der Waals surface area contributed by atoms with Crippen molar-refractivity contribution in [1.29, 1.82) is 0 Å². The fourth-order valence-corrected chi connectivity index (χ4v) is 1.23. The SMILES string of the molecule is Cc1ccc(OCNC(=O)CCS)cc1. The van der Waals surface area contributed by atoms with E-state index in [2.05, 4.69) is 17.9 Å². The average Bonchev–Trinajstić information content (AvgIpc) is 2.21. The highest BCUT2D eigenvalue weighted by molar-refractivity contribution is 7.80. The van der Waals surface area contributed by atoms with Crippen molar-refractivity contribution in [3.63, 3.8) is 0 Å². The first-order valence-electron chi connectivity index (χ1n) is 4.79. The number of carbonyl (C=O) groups is 1. The van der Waals surface area contributed by atoms with Gasteiger partial charge in [0.15, 0.2) is 6.73 Å². The van der Waals surface area contributed by atoms with Crippen molar-refractivity contribution < 1.29 is 9.53 Å². The Bertz CT molecular complexity index is 311. The zero-order valence-corrected chi connectivity index (χ0v) is 9.59. The number of carbonyl (C=O) groups excluding carboxylic acids is 1. The van der Waals surface area contributed by atoms with Crippen molar-refractivity contribution in [2.24, 2.45) is 0 Å². The smallest absolute Gasteiger partial charge is 0.223 e. The van der Waals surface area contributed by atoms with Gasteiger partial charge in [-0.05, 0) is 24.8 Å². The van der Waals surface area contributed by atoms with Crippen molar-refractivity contribution in [3.8, 4) is 5.75 Å². The van der Waals surface area contributed by atoms with Crippen LogP contribution >= 0.6 is 12.6 Å². The molecule has 82 valence electrons. The van der Waals surface area contributed by atoms with Crippen LogP contribution in [0.4, 0.5) is 0 Å². The lowest BCUT2D eigenvalue weighted by molar-refractivity contribution is -0.121. The summed E-state index contributed by atoms with van der Waals surface area (Å²) in [4.78, 5) is 11.0. The van der Waals surface area contributed by atoms with Gasteiger partial charge in [-0.25, -0.2) is 0 Å². The Hall–Kier alpha value is -1.16. The van der Waals surface area contributed by atoms with Gasteiger partial charge in [0.25, 0.3) is 0 Å². The second kappa shape index (κ2) is 6.35. The molecule has 1 aromatic rings. The van der Waals surface area contributed by atoms with Crippen LogP contribution in [-0.2, 0) is 4.79 Å². The molecule has 0 fully saturated rings. The zero-order chi connectivity index (χ0) is 11.1. The van der Waals surface area contributed by atoms with Crippen LogP contribution in [0.15, 0.2) is 24.3 Å². The molecule has 0 saturated carbocycles. The van der Waals surface area contributed by atoms with Gasteiger partial charge >= 0.3 is 0 Å². The molecule has 0 saturated heterocycles. The van der Waals surface area contributed by atoms with Crippen LogP contribution < -0.4 is 10.1 Å². The van der Waals surface area contributed by atoms with E-state index in [-0.39, 0.29) is 12.6 Å². The first kappa shape index (κ1) is 11.9. The summed E-state index contributed by atoms with van der Waals surface area (Å²) in [5, 5.41) is 2.64. The molecule has 3 nitrogen and oxygen atoms in total. The quantitative estimate of drug-likeness (QED) is 0.592. The highest BCUT2D eigenvalue weighted by Gasteiger charge is 1.98. The number of ether oxygens (including phenoxy) is 1. The first-order chi connectivity index (χ1) is 7.22. The van der Waals surface area contributed by atoms with Gasteiger partial charge in [0.1, 0.15) is 5.75 Å². The van der Waals surface area contributed by atoms with E-state index in [0.717, 1.165) is 5.75 Å². The lowest BCUT2D eigenvalue weighted by atomic mass is 10.2. The number of aryl methyl sites for hydroxylation is 1. The van der Waals surface area contributed by atoms with E-state index in [0.29, 0.717) is 12.2 Å². The molecule has 0 radical (unpaired) electrons. The zero-order valence-electron chi connectivity index (χ0n) is 8.69. The summed E-state index contributed by atoms with van der Waals surface area (Å²) in [6, 6.07) is 7.68. The highest BCUT2D eigenvalue weighted by atomic mass is 32.1. The molecular formula is C11H15NO2S. The van der Waals surface area contributed by atoms with E-state index in [4.69, 9.17) is 4.74 Å². The monoisotopic (exact) mass is 225 g/mol. The molecule has 0 spiro atoms. The molecular weight excluding hydrogens is 210 g/mol. The lowest BCUT2D eigenvalue weighted by Crippen LogP contribution is -2.27. The summed E-state index contributed by atoms with van der Waals surface area (Å²) in [6.07, 6.45) is 0.417. The summed E-state index contributed by atoms with van der Waals surface area (Å²) < 4.78 is 5.32. The van der Waals surface area contributed by atoms with E-state index in [1.54, 1.807) is 0 Å². The Morgan fingerprint density at radius 1 is 1.40 bits per heavy atom. The molecule has 0 heterocycles. The Kier molecular flexibility index (Phi) is 5.04. The summed E-state index contributed by atoms with van der Waals surface area (Å²) in [6.45, 7) is 2.22. The van der Waals surface area contributed by atoms with Gasteiger partial charge in [-0.1, -0.05) is 17.7 Å². The molecule has 0 aliphatic rings. The number of rotatable bonds is 5. The van der Waals surface area contributed by atoms with Gasteiger partial charge in [0, 0.05) is 6.42 Å². The number of hydrogen-bond donors (Lipinski definition) is 2. The molecule has 0 aliphatic carbocycles. The summed E-state index contributed by atoms with van der Waals surface area (Å²) in [5.41, 5.74) is 1.18. The van der Waals surface area contributed by atoms with Crippen LogP contribution in [0.5, 0.6) is 5.75 Å². The van der Waals surface area contributed by atoms with Crippen LogP contribution in [-0.4, -0.2) is 18.4 Å². The molecule has 0 atom stereocenters. The number of thiol groups is 1. The Labute approximate surface area is 95.2 Å². The normalized spacial score (nSPS) is 9.73.